The van der Waals surface area contributed by atoms with E-state index in [2.05, 4.69) is 75.3 Å². The fraction of sp³-hybridized carbons (Fsp3) is 0.174. The second kappa shape index (κ2) is 17.5. The van der Waals surface area contributed by atoms with Crippen LogP contribution in [0.1, 0.15) is 46.3 Å². The van der Waals surface area contributed by atoms with E-state index in [1.807, 2.05) is 115 Å². The van der Waals surface area contributed by atoms with E-state index in [-0.39, 0.29) is 24.9 Å². The Kier molecular flexibility index (Phi) is 11.9. The van der Waals surface area contributed by atoms with Crippen LogP contribution in [-0.4, -0.2) is 42.2 Å². The van der Waals surface area contributed by atoms with Gasteiger partial charge in [0.2, 0.25) is 5.90 Å². The zero-order valence-electron chi connectivity index (χ0n) is 29.8. The number of benzene rings is 6. The van der Waals surface area contributed by atoms with Crippen molar-refractivity contribution >= 4 is 27.7 Å². The lowest BCUT2D eigenvalue weighted by Crippen LogP contribution is -2.54. The number of aliphatic hydroxyl groups excluding tert-OH is 1. The number of carbonyl (C=O) groups is 1. The summed E-state index contributed by atoms with van der Waals surface area (Å²) in [6.45, 7) is 0.930. The molecule has 7 rings (SSSR count). The van der Waals surface area contributed by atoms with E-state index in [9.17, 15) is 9.90 Å². The Bertz CT molecular complexity index is 2090. The maximum Gasteiger partial charge on any atom is 0.266 e. The molecule has 6 aromatic carbocycles. The van der Waals surface area contributed by atoms with E-state index >= 15 is 0 Å². The first-order valence-electron chi connectivity index (χ1n) is 18.2. The van der Waals surface area contributed by atoms with Crippen LogP contribution in [0.3, 0.4) is 0 Å². The highest BCUT2D eigenvalue weighted by atomic mass is 79.9. The topological polar surface area (TPSA) is 92.2 Å². The molecule has 1 amide bonds. The molecule has 54 heavy (non-hydrogen) atoms. The van der Waals surface area contributed by atoms with Gasteiger partial charge >= 0.3 is 0 Å². The van der Waals surface area contributed by atoms with Crippen LogP contribution in [0, 0.1) is 0 Å². The average molecular weight is 781 g/mol. The van der Waals surface area contributed by atoms with Crippen LogP contribution >= 0.6 is 15.9 Å². The summed E-state index contributed by atoms with van der Waals surface area (Å²) in [6, 6.07) is 54.4. The predicted molar refractivity (Wildman–Crippen MR) is 217 cm³/mol. The molecule has 3 N–H and O–H groups in total. The zero-order chi connectivity index (χ0) is 37.2. The number of aliphatic hydroxyl groups is 1. The van der Waals surface area contributed by atoms with E-state index in [0.29, 0.717) is 31.2 Å². The highest BCUT2D eigenvalue weighted by Crippen LogP contribution is 2.43. The molecular formula is C46H42BrN3O4. The van der Waals surface area contributed by atoms with Crippen molar-refractivity contribution in [2.45, 2.75) is 30.4 Å². The van der Waals surface area contributed by atoms with Gasteiger partial charge in [-0.25, -0.2) is 10.4 Å². The van der Waals surface area contributed by atoms with Crippen LogP contribution in [0.25, 0.3) is 11.1 Å². The van der Waals surface area contributed by atoms with E-state index in [1.165, 1.54) is 0 Å². The maximum absolute atomic E-state index is 14.9. The summed E-state index contributed by atoms with van der Waals surface area (Å²) >= 11 is 3.56. The Balaban J connectivity index is 1.25. The lowest BCUT2D eigenvalue weighted by Gasteiger charge is -2.31. The summed E-state index contributed by atoms with van der Waals surface area (Å²) in [4.78, 5) is 20.2. The molecule has 1 aliphatic rings. The van der Waals surface area contributed by atoms with Gasteiger partial charge in [0.15, 0.2) is 11.6 Å². The first-order valence-corrected chi connectivity index (χ1v) is 19.0. The van der Waals surface area contributed by atoms with Gasteiger partial charge in [0.25, 0.3) is 5.91 Å². The Morgan fingerprint density at radius 3 is 1.93 bits per heavy atom. The number of carbonyl (C=O) groups excluding carboxylic acids is 1. The summed E-state index contributed by atoms with van der Waals surface area (Å²) in [5, 5.41) is 9.17. The highest BCUT2D eigenvalue weighted by Gasteiger charge is 2.53. The van der Waals surface area contributed by atoms with Crippen molar-refractivity contribution in [1.82, 2.24) is 10.9 Å². The van der Waals surface area contributed by atoms with Gasteiger partial charge in [0, 0.05) is 41.9 Å². The molecule has 0 bridgehead atoms. The number of nitrogens with one attached hydrogen (secondary N) is 2. The molecule has 0 aliphatic carbocycles. The quantitative estimate of drug-likeness (QED) is 0.0716. The molecule has 8 heteroatoms. The maximum atomic E-state index is 14.9. The van der Waals surface area contributed by atoms with E-state index in [4.69, 9.17) is 14.5 Å². The lowest BCUT2D eigenvalue weighted by atomic mass is 9.82. The molecule has 0 fully saturated rings. The van der Waals surface area contributed by atoms with Crippen molar-refractivity contribution in [2.24, 2.45) is 4.99 Å². The third-order valence-electron chi connectivity index (χ3n) is 9.65. The smallest absolute Gasteiger partial charge is 0.266 e. The fourth-order valence-corrected chi connectivity index (χ4v) is 7.08. The van der Waals surface area contributed by atoms with Gasteiger partial charge < -0.3 is 14.6 Å². The molecule has 0 radical (unpaired) electrons. The van der Waals surface area contributed by atoms with Crippen LogP contribution < -0.4 is 15.6 Å². The molecule has 7 nitrogen and oxygen atoms in total. The van der Waals surface area contributed by atoms with Gasteiger partial charge in [0.1, 0.15) is 5.75 Å². The Labute approximate surface area is 324 Å². The van der Waals surface area contributed by atoms with E-state index in [1.54, 1.807) is 0 Å². The number of hydrogen-bond acceptors (Lipinski definition) is 6. The largest absolute Gasteiger partial charge is 0.494 e. The van der Waals surface area contributed by atoms with E-state index < -0.39 is 11.6 Å². The van der Waals surface area contributed by atoms with Crippen molar-refractivity contribution in [3.63, 3.8) is 0 Å². The van der Waals surface area contributed by atoms with Crippen molar-refractivity contribution in [3.8, 4) is 16.9 Å². The molecular weight excluding hydrogens is 738 g/mol. The minimum absolute atomic E-state index is 0.00606. The summed E-state index contributed by atoms with van der Waals surface area (Å²) in [5.74, 6) is 0.732. The number of rotatable bonds is 15. The molecule has 0 saturated heterocycles. The highest BCUT2D eigenvalue weighted by molar-refractivity contribution is 9.10. The number of hydrazine groups is 1. The molecule has 2 atom stereocenters. The monoisotopic (exact) mass is 779 g/mol. The van der Waals surface area contributed by atoms with Crippen LogP contribution in [0.4, 0.5) is 0 Å². The molecule has 1 aliphatic heterocycles. The first-order chi connectivity index (χ1) is 26.5. The third kappa shape index (κ3) is 8.63. The summed E-state index contributed by atoms with van der Waals surface area (Å²) in [7, 11) is 0. The standard InChI is InChI=1S/C46H42BrN3O4/c47-40-25-17-33(18-26-40)31-46(45(52)50-48-32-42(36-13-6-2-7-14-36)37-15-8-3-9-16-37)43(38-21-19-35(20-22-38)34-11-4-1-5-12-34)54-44(49-46)39-23-27-41(28-24-39)53-30-10-29-51/h1-9,11-28,42-43,48,51H,10,29-32H2,(H,50,52)/t43-,46-/m0/s1. The van der Waals surface area contributed by atoms with Crippen LogP contribution in [0.5, 0.6) is 5.75 Å². The number of ether oxygens (including phenoxy) is 2. The predicted octanol–water partition coefficient (Wildman–Crippen LogP) is 8.83. The number of nitrogens with zero attached hydrogens (tertiary/aromatic N) is 1. The normalized spacial score (nSPS) is 16.4. The second-order valence-corrected chi connectivity index (χ2v) is 14.2. The molecule has 0 unspecified atom stereocenters. The van der Waals surface area contributed by atoms with Gasteiger partial charge in [-0.05, 0) is 69.8 Å². The van der Waals surface area contributed by atoms with Crippen molar-refractivity contribution in [3.05, 3.63) is 196 Å². The Morgan fingerprint density at radius 1 is 0.741 bits per heavy atom. The van der Waals surface area contributed by atoms with E-state index in [0.717, 1.165) is 43.4 Å². The lowest BCUT2D eigenvalue weighted by molar-refractivity contribution is -0.130. The number of halogens is 1. The number of hydrogen-bond donors (Lipinski definition) is 3. The molecule has 0 aromatic heterocycles. The SMILES string of the molecule is O=C(NNCC(c1ccccc1)c1ccccc1)[C@@]1(Cc2ccc(Br)cc2)N=C(c2ccc(OCCCO)cc2)O[C@H]1c1ccc(-c2ccccc2)cc1. The Hall–Kier alpha value is -5.54. The minimum Gasteiger partial charge on any atom is -0.494 e. The fourth-order valence-electron chi connectivity index (χ4n) is 6.82. The van der Waals surface area contributed by atoms with Gasteiger partial charge in [-0.3, -0.25) is 10.2 Å². The van der Waals surface area contributed by atoms with Crippen LogP contribution in [0.15, 0.2) is 173 Å². The van der Waals surface area contributed by atoms with Crippen molar-refractivity contribution in [1.29, 1.82) is 0 Å². The summed E-state index contributed by atoms with van der Waals surface area (Å²) in [6.07, 6.45) is 0.0785. The molecule has 1 heterocycles. The van der Waals surface area contributed by atoms with Crippen LogP contribution in [-0.2, 0) is 16.0 Å². The molecule has 0 spiro atoms. The first kappa shape index (κ1) is 36.8. The number of aliphatic imine (C=N–C) groups is 1. The molecule has 272 valence electrons. The minimum atomic E-state index is -1.38. The van der Waals surface area contributed by atoms with Gasteiger partial charge in [-0.2, -0.15) is 0 Å². The molecule has 6 aromatic rings. The van der Waals surface area contributed by atoms with Gasteiger partial charge in [0.05, 0.1) is 6.61 Å². The van der Waals surface area contributed by atoms with Gasteiger partial charge in [-0.1, -0.05) is 143 Å². The van der Waals surface area contributed by atoms with Crippen molar-refractivity contribution < 1.29 is 19.4 Å². The summed E-state index contributed by atoms with van der Waals surface area (Å²) in [5.41, 5.74) is 11.9. The van der Waals surface area contributed by atoms with Gasteiger partial charge in [-0.15, -0.1) is 0 Å². The van der Waals surface area contributed by atoms with Crippen LogP contribution in [0.2, 0.25) is 0 Å². The zero-order valence-corrected chi connectivity index (χ0v) is 31.4. The third-order valence-corrected chi connectivity index (χ3v) is 10.2. The second-order valence-electron chi connectivity index (χ2n) is 13.3. The Morgan fingerprint density at radius 2 is 1.31 bits per heavy atom. The molecule has 0 saturated carbocycles. The summed E-state index contributed by atoms with van der Waals surface area (Å²) < 4.78 is 13.5. The van der Waals surface area contributed by atoms with Crippen molar-refractivity contribution in [2.75, 3.05) is 19.8 Å². The average Bonchev–Trinajstić information content (AvgIpc) is 3.62. The number of amides is 1.